The van der Waals surface area contributed by atoms with Gasteiger partial charge in [0.25, 0.3) is 0 Å². The van der Waals surface area contributed by atoms with Crippen molar-refractivity contribution in [2.24, 2.45) is 0 Å². The van der Waals surface area contributed by atoms with Crippen LogP contribution in [0.3, 0.4) is 0 Å². The molecule has 0 amide bonds. The lowest BCUT2D eigenvalue weighted by molar-refractivity contribution is -0.139. The third-order valence-electron chi connectivity index (χ3n) is 4.32. The second kappa shape index (κ2) is 9.72. The minimum Gasteiger partial charge on any atom is -0.491 e. The summed E-state index contributed by atoms with van der Waals surface area (Å²) in [7, 11) is 1.36. The van der Waals surface area contributed by atoms with Crippen LogP contribution in [0.1, 0.15) is 25.3 Å². The highest BCUT2D eigenvalue weighted by molar-refractivity contribution is 5.81. The molecule has 0 saturated heterocycles. The first-order valence-corrected chi connectivity index (χ1v) is 9.51. The van der Waals surface area contributed by atoms with E-state index < -0.39 is 0 Å². The number of aromatic nitrogens is 4. The highest BCUT2D eigenvalue weighted by atomic mass is 16.5. The van der Waals surface area contributed by atoms with E-state index in [4.69, 9.17) is 19.9 Å². The Labute approximate surface area is 168 Å². The zero-order valence-corrected chi connectivity index (χ0v) is 16.6. The molecule has 29 heavy (non-hydrogen) atoms. The molecule has 0 bridgehead atoms. The summed E-state index contributed by atoms with van der Waals surface area (Å²) in [6.45, 7) is 3.48. The second-order valence-corrected chi connectivity index (χ2v) is 6.41. The predicted octanol–water partition coefficient (Wildman–Crippen LogP) is 2.38. The van der Waals surface area contributed by atoms with Crippen LogP contribution in [0.15, 0.2) is 30.6 Å². The van der Waals surface area contributed by atoms with Crippen molar-refractivity contribution in [2.75, 3.05) is 26.1 Å². The number of nitrogens with zero attached hydrogens (tertiary/aromatic N) is 4. The maximum absolute atomic E-state index is 11.6. The largest absolute Gasteiger partial charge is 0.491 e. The minimum absolute atomic E-state index is 0.156. The summed E-state index contributed by atoms with van der Waals surface area (Å²) in [5.74, 6) is 0.606. The summed E-state index contributed by atoms with van der Waals surface area (Å²) in [6.07, 6.45) is 3.74. The lowest BCUT2D eigenvalue weighted by Gasteiger charge is -2.11. The second-order valence-electron chi connectivity index (χ2n) is 6.41. The van der Waals surface area contributed by atoms with Crippen molar-refractivity contribution in [3.8, 4) is 11.8 Å². The van der Waals surface area contributed by atoms with Crippen molar-refractivity contribution in [1.29, 1.82) is 0 Å². The number of anilines is 1. The Kier molecular flexibility index (Phi) is 6.83. The smallest absolute Gasteiger partial charge is 0.320 e. The molecule has 0 aliphatic rings. The average Bonchev–Trinajstić information content (AvgIpc) is 3.13. The highest BCUT2D eigenvalue weighted by Crippen LogP contribution is 2.21. The number of carbonyl (C=O) groups is 1. The number of benzene rings is 1. The fourth-order valence-corrected chi connectivity index (χ4v) is 2.75. The fraction of sp³-hybridized carbons (Fsp3) is 0.400. The number of hydrogen-bond donors (Lipinski definition) is 1. The van der Waals surface area contributed by atoms with Crippen LogP contribution in [-0.2, 0) is 22.5 Å². The van der Waals surface area contributed by atoms with Crippen molar-refractivity contribution in [1.82, 2.24) is 19.5 Å². The molecule has 0 spiro atoms. The molecule has 9 heteroatoms. The molecule has 1 aromatic carbocycles. The van der Waals surface area contributed by atoms with Gasteiger partial charge in [0, 0.05) is 5.56 Å². The Morgan fingerprint density at radius 2 is 2.00 bits per heavy atom. The van der Waals surface area contributed by atoms with E-state index in [0.717, 1.165) is 18.4 Å². The van der Waals surface area contributed by atoms with Gasteiger partial charge in [0.15, 0.2) is 17.0 Å². The molecule has 0 radical (unpaired) electrons. The summed E-state index contributed by atoms with van der Waals surface area (Å²) < 4.78 is 18.0. The summed E-state index contributed by atoms with van der Waals surface area (Å²) in [6, 6.07) is 7.62. The van der Waals surface area contributed by atoms with Crippen LogP contribution in [0.2, 0.25) is 0 Å². The van der Waals surface area contributed by atoms with Crippen LogP contribution >= 0.6 is 0 Å². The topological polar surface area (TPSA) is 114 Å². The van der Waals surface area contributed by atoms with Crippen LogP contribution in [0.4, 0.5) is 5.82 Å². The molecule has 3 aromatic rings. The normalized spacial score (nSPS) is 10.8. The molecule has 0 unspecified atom stereocenters. The van der Waals surface area contributed by atoms with Gasteiger partial charge in [-0.3, -0.25) is 4.79 Å². The Bertz CT molecular complexity index is 973. The molecule has 0 saturated carbocycles. The number of hydrogen-bond acceptors (Lipinski definition) is 8. The van der Waals surface area contributed by atoms with Gasteiger partial charge in [-0.2, -0.15) is 9.97 Å². The molecule has 3 rings (SSSR count). The van der Waals surface area contributed by atoms with Crippen molar-refractivity contribution in [3.05, 3.63) is 36.2 Å². The molecule has 0 fully saturated rings. The van der Waals surface area contributed by atoms with Crippen LogP contribution in [0.25, 0.3) is 11.2 Å². The van der Waals surface area contributed by atoms with Crippen LogP contribution in [-0.4, -0.2) is 45.8 Å². The zero-order valence-electron chi connectivity index (χ0n) is 16.6. The van der Waals surface area contributed by atoms with Crippen molar-refractivity contribution in [3.63, 3.8) is 0 Å². The van der Waals surface area contributed by atoms with E-state index in [1.165, 1.54) is 7.11 Å². The quantitative estimate of drug-likeness (QED) is 0.408. The first kappa shape index (κ1) is 20.4. The molecule has 2 aromatic heterocycles. The van der Waals surface area contributed by atoms with Gasteiger partial charge in [-0.25, -0.2) is 4.98 Å². The number of rotatable bonds is 10. The van der Waals surface area contributed by atoms with Gasteiger partial charge in [0.1, 0.15) is 12.4 Å². The van der Waals surface area contributed by atoms with E-state index in [1.807, 2.05) is 28.8 Å². The van der Waals surface area contributed by atoms with Gasteiger partial charge in [0.2, 0.25) is 0 Å². The van der Waals surface area contributed by atoms with Gasteiger partial charge < -0.3 is 24.5 Å². The zero-order chi connectivity index (χ0) is 20.6. The molecule has 0 aliphatic heterocycles. The Hall–Kier alpha value is -3.36. The van der Waals surface area contributed by atoms with Gasteiger partial charge in [-0.05, 0) is 12.5 Å². The van der Waals surface area contributed by atoms with E-state index in [-0.39, 0.29) is 24.2 Å². The third kappa shape index (κ3) is 5.13. The third-order valence-corrected chi connectivity index (χ3v) is 4.32. The summed E-state index contributed by atoms with van der Waals surface area (Å²) in [5, 5.41) is 0. The molecule has 154 valence electrons. The molecule has 2 N–H and O–H groups in total. The van der Waals surface area contributed by atoms with Gasteiger partial charge >= 0.3 is 12.0 Å². The molecular weight excluding hydrogens is 374 g/mol. The van der Waals surface area contributed by atoms with E-state index in [0.29, 0.717) is 36.7 Å². The Morgan fingerprint density at radius 3 is 2.79 bits per heavy atom. The number of fused-ring (bicyclic) bond motifs is 1. The van der Waals surface area contributed by atoms with E-state index in [9.17, 15) is 4.79 Å². The number of esters is 1. The van der Waals surface area contributed by atoms with E-state index >= 15 is 0 Å². The first-order chi connectivity index (χ1) is 14.1. The number of carbonyl (C=O) groups excluding carboxylic acids is 1. The molecule has 0 aliphatic carbocycles. The van der Waals surface area contributed by atoms with Crippen LogP contribution in [0.5, 0.6) is 11.8 Å². The number of methoxy groups -OCH3 is 1. The average molecular weight is 399 g/mol. The minimum atomic E-state index is -0.315. The number of ether oxygens (including phenoxy) is 3. The number of unbranched alkanes of at least 4 members (excludes halogenated alkanes) is 1. The molecular formula is C20H25N5O4. The van der Waals surface area contributed by atoms with E-state index in [1.54, 1.807) is 6.33 Å². The maximum atomic E-state index is 11.6. The van der Waals surface area contributed by atoms with E-state index in [2.05, 4.69) is 21.9 Å². The Balaban J connectivity index is 1.69. The number of para-hydroxylation sites is 1. The lowest BCUT2D eigenvalue weighted by atomic mass is 10.1. The highest BCUT2D eigenvalue weighted by Gasteiger charge is 2.13. The van der Waals surface area contributed by atoms with Crippen molar-refractivity contribution < 1.29 is 19.0 Å². The number of nitrogens with two attached hydrogens (primary N) is 1. The van der Waals surface area contributed by atoms with Crippen molar-refractivity contribution in [2.45, 2.75) is 32.7 Å². The summed E-state index contributed by atoms with van der Waals surface area (Å²) in [4.78, 5) is 24.4. The molecule has 2 heterocycles. The van der Waals surface area contributed by atoms with Crippen LogP contribution in [0, 0.1) is 0 Å². The summed E-state index contributed by atoms with van der Waals surface area (Å²) >= 11 is 0. The molecule has 9 nitrogen and oxygen atoms in total. The number of imidazole rings is 1. The number of nitrogen functional groups attached to an aromatic ring is 1. The first-order valence-electron chi connectivity index (χ1n) is 9.51. The van der Waals surface area contributed by atoms with Crippen LogP contribution < -0.4 is 15.2 Å². The Morgan fingerprint density at radius 1 is 1.17 bits per heavy atom. The van der Waals surface area contributed by atoms with Gasteiger partial charge in [0.05, 0.1) is 33.0 Å². The standard InChI is InChI=1S/C20H25N5O4/c1-3-4-10-29-20-23-18(21)17-19(24-20)25(13-22-17)9-11-28-15-8-6-5-7-14(15)12-16(26)27-2/h5-8,13H,3-4,9-12H2,1-2H3,(H2,21,23,24). The monoisotopic (exact) mass is 399 g/mol. The summed E-state index contributed by atoms with van der Waals surface area (Å²) in [5.41, 5.74) is 7.88. The lowest BCUT2D eigenvalue weighted by Crippen LogP contribution is -2.11. The fourth-order valence-electron chi connectivity index (χ4n) is 2.75. The van der Waals surface area contributed by atoms with Crippen molar-refractivity contribution >= 4 is 23.0 Å². The van der Waals surface area contributed by atoms with Gasteiger partial charge in [-0.15, -0.1) is 0 Å². The molecule has 0 atom stereocenters. The van der Waals surface area contributed by atoms with Gasteiger partial charge in [-0.1, -0.05) is 31.5 Å². The predicted molar refractivity (Wildman–Crippen MR) is 108 cm³/mol. The maximum Gasteiger partial charge on any atom is 0.320 e. The SMILES string of the molecule is CCCCOc1nc(N)c2ncn(CCOc3ccccc3CC(=O)OC)c2n1.